The van der Waals surface area contributed by atoms with Crippen LogP contribution in [0.5, 0.6) is 23.0 Å². The number of hydrogen-bond acceptors (Lipinski definition) is 11. The normalized spacial score (nSPS) is 12.5. The number of rotatable bonds is 14. The first-order valence-electron chi connectivity index (χ1n) is 19.2. The summed E-state index contributed by atoms with van der Waals surface area (Å²) < 4.78 is 31.4. The molecule has 0 radical (unpaired) electrons. The molecule has 0 N–H and O–H groups in total. The minimum absolute atomic E-state index is 0.0512. The van der Waals surface area contributed by atoms with E-state index in [1.165, 1.54) is 0 Å². The van der Waals surface area contributed by atoms with Crippen molar-refractivity contribution in [3.05, 3.63) is 181 Å². The third-order valence-electron chi connectivity index (χ3n) is 10.1. The van der Waals surface area contributed by atoms with E-state index in [1.807, 2.05) is 72.8 Å². The number of nitrogens with zero attached hydrogens (tertiary/aromatic N) is 2. The van der Waals surface area contributed by atoms with E-state index < -0.39 is 17.4 Å². The summed E-state index contributed by atoms with van der Waals surface area (Å²) in [5.41, 5.74) is 6.59. The van der Waals surface area contributed by atoms with Crippen LogP contribution in [0.25, 0.3) is 41.6 Å². The number of ether oxygens (including phenoxy) is 5. The fourth-order valence-corrected chi connectivity index (χ4v) is 9.38. The maximum Gasteiger partial charge on any atom is 0.330 e. The Kier molecular flexibility index (Phi) is 10.7. The Morgan fingerprint density at radius 1 is 0.567 bits per heavy atom. The zero-order chi connectivity index (χ0) is 41.1. The van der Waals surface area contributed by atoms with Crippen molar-refractivity contribution in [2.24, 2.45) is 0 Å². The summed E-state index contributed by atoms with van der Waals surface area (Å²) in [6.07, 6.45) is 2.24. The molecular weight excluding hydrogens is 793 g/mol. The van der Waals surface area contributed by atoms with Gasteiger partial charge in [0.2, 0.25) is 0 Å². The largest absolute Gasteiger partial charge is 0.490 e. The average Bonchev–Trinajstić information content (AvgIpc) is 3.93. The van der Waals surface area contributed by atoms with Gasteiger partial charge in [-0.05, 0) is 47.5 Å². The summed E-state index contributed by atoms with van der Waals surface area (Å²) in [4.78, 5) is 33.7. The lowest BCUT2D eigenvalue weighted by Gasteiger charge is -2.41. The molecule has 0 aliphatic carbocycles. The van der Waals surface area contributed by atoms with Crippen molar-refractivity contribution in [3.63, 3.8) is 0 Å². The Labute approximate surface area is 353 Å². The SMILES string of the molecule is C=CC(=O)OCCOc1ccc2c(c1)Oc1cc(OCCOC(=O)C=C)ccc1C2(c1ccc2sc(-c3ccccc3)nc2c1)c1ccc2sc(-c3ccccc3)nc2c1. The van der Waals surface area contributed by atoms with E-state index in [2.05, 4.69) is 73.8 Å². The Bertz CT molecular complexity index is 2710. The standard InChI is InChI=1S/C49H36N2O7S2/c1-3-45(52)56-25-23-54-35-17-19-37-41(29-35)58-42-30-36(55-24-26-57-46(53)4-2)18-20-38(42)49(37,33-15-21-43-39(27-33)50-47(59-43)31-11-7-5-8-12-31)34-16-22-44-40(28-34)51-48(60-44)32-13-9-6-10-14-32/h3-22,27-30H,1-2,23-26H2. The predicted molar refractivity (Wildman–Crippen MR) is 235 cm³/mol. The van der Waals surface area contributed by atoms with Gasteiger partial charge in [0.1, 0.15) is 59.4 Å². The number of carbonyl (C=O) groups excluding carboxylic acids is 2. The molecule has 0 spiro atoms. The highest BCUT2D eigenvalue weighted by molar-refractivity contribution is 7.22. The van der Waals surface area contributed by atoms with Gasteiger partial charge in [0.25, 0.3) is 0 Å². The molecule has 11 heteroatoms. The molecule has 0 unspecified atom stereocenters. The second-order valence-corrected chi connectivity index (χ2v) is 15.8. The first kappa shape index (κ1) is 38.4. The molecule has 0 saturated carbocycles. The third kappa shape index (κ3) is 7.40. The van der Waals surface area contributed by atoms with Crippen LogP contribution in [-0.4, -0.2) is 48.3 Å². The molecule has 1 aliphatic heterocycles. The monoisotopic (exact) mass is 828 g/mol. The van der Waals surface area contributed by atoms with Gasteiger partial charge in [0, 0.05) is 46.5 Å². The van der Waals surface area contributed by atoms with Crippen molar-refractivity contribution in [2.45, 2.75) is 5.41 Å². The van der Waals surface area contributed by atoms with Crippen LogP contribution in [0.1, 0.15) is 22.3 Å². The molecule has 296 valence electrons. The van der Waals surface area contributed by atoms with Gasteiger partial charge in [-0.1, -0.05) is 98.1 Å². The van der Waals surface area contributed by atoms with Crippen molar-refractivity contribution in [3.8, 4) is 44.1 Å². The molecule has 6 aromatic carbocycles. The van der Waals surface area contributed by atoms with Crippen molar-refractivity contribution in [1.82, 2.24) is 9.97 Å². The van der Waals surface area contributed by atoms with Crippen molar-refractivity contribution < 1.29 is 33.3 Å². The maximum absolute atomic E-state index is 11.7. The van der Waals surface area contributed by atoms with Crippen LogP contribution < -0.4 is 14.2 Å². The third-order valence-corrected chi connectivity index (χ3v) is 12.3. The molecule has 60 heavy (non-hydrogen) atoms. The van der Waals surface area contributed by atoms with E-state index in [0.717, 1.165) is 76.0 Å². The highest BCUT2D eigenvalue weighted by Gasteiger charge is 2.46. The van der Waals surface area contributed by atoms with Gasteiger partial charge in [-0.25, -0.2) is 19.6 Å². The maximum atomic E-state index is 11.7. The van der Waals surface area contributed by atoms with E-state index in [4.69, 9.17) is 33.7 Å². The van der Waals surface area contributed by atoms with Crippen LogP contribution in [0.15, 0.2) is 159 Å². The number of hydrogen-bond donors (Lipinski definition) is 0. The first-order valence-corrected chi connectivity index (χ1v) is 20.8. The van der Waals surface area contributed by atoms with Gasteiger partial charge in [-0.2, -0.15) is 0 Å². The number of esters is 2. The number of aromatic nitrogens is 2. The van der Waals surface area contributed by atoms with E-state index >= 15 is 0 Å². The summed E-state index contributed by atoms with van der Waals surface area (Å²) in [5, 5.41) is 1.87. The number of benzene rings is 6. The Balaban J connectivity index is 1.23. The fourth-order valence-electron chi connectivity index (χ4n) is 7.48. The van der Waals surface area contributed by atoms with Crippen LogP contribution in [0.2, 0.25) is 0 Å². The summed E-state index contributed by atoms with van der Waals surface area (Å²) >= 11 is 3.30. The minimum atomic E-state index is -0.950. The molecule has 8 aromatic rings. The van der Waals surface area contributed by atoms with Crippen LogP contribution in [0, 0.1) is 0 Å². The second kappa shape index (κ2) is 16.6. The topological polar surface area (TPSA) is 106 Å². The van der Waals surface area contributed by atoms with Crippen molar-refractivity contribution >= 4 is 55.0 Å². The molecule has 1 aliphatic rings. The Hall–Kier alpha value is -7.08. The van der Waals surface area contributed by atoms with E-state index in [9.17, 15) is 9.59 Å². The van der Waals surface area contributed by atoms with Crippen LogP contribution in [-0.2, 0) is 24.5 Å². The first-order chi connectivity index (χ1) is 29.4. The predicted octanol–water partition coefficient (Wildman–Crippen LogP) is 10.9. The summed E-state index contributed by atoms with van der Waals surface area (Å²) in [6, 6.07) is 44.9. The van der Waals surface area contributed by atoms with Crippen molar-refractivity contribution in [1.29, 1.82) is 0 Å². The van der Waals surface area contributed by atoms with E-state index in [-0.39, 0.29) is 26.4 Å². The molecule has 0 saturated heterocycles. The average molecular weight is 829 g/mol. The smallest absolute Gasteiger partial charge is 0.330 e. The van der Waals surface area contributed by atoms with Gasteiger partial charge in [-0.3, -0.25) is 0 Å². The van der Waals surface area contributed by atoms with Crippen LogP contribution in [0.4, 0.5) is 0 Å². The lowest BCUT2D eigenvalue weighted by atomic mass is 9.63. The quantitative estimate of drug-likeness (QED) is 0.0601. The second-order valence-electron chi connectivity index (χ2n) is 13.7. The minimum Gasteiger partial charge on any atom is -0.490 e. The Morgan fingerprint density at radius 3 is 1.45 bits per heavy atom. The van der Waals surface area contributed by atoms with Gasteiger partial charge in [-0.15, -0.1) is 22.7 Å². The van der Waals surface area contributed by atoms with Gasteiger partial charge >= 0.3 is 11.9 Å². The molecule has 0 amide bonds. The zero-order valence-corrected chi connectivity index (χ0v) is 33.8. The lowest BCUT2D eigenvalue weighted by molar-refractivity contribution is -0.139. The fraction of sp³-hybridized carbons (Fsp3) is 0.102. The number of fused-ring (bicyclic) bond motifs is 4. The number of thiazole rings is 2. The zero-order valence-electron chi connectivity index (χ0n) is 32.2. The molecule has 3 heterocycles. The van der Waals surface area contributed by atoms with E-state index in [1.54, 1.807) is 22.7 Å². The lowest BCUT2D eigenvalue weighted by Crippen LogP contribution is -2.34. The van der Waals surface area contributed by atoms with Crippen LogP contribution in [0.3, 0.4) is 0 Å². The molecule has 9 rings (SSSR count). The van der Waals surface area contributed by atoms with Gasteiger partial charge in [0.15, 0.2) is 0 Å². The molecule has 2 aromatic heterocycles. The highest BCUT2D eigenvalue weighted by Crippen LogP contribution is 2.57. The van der Waals surface area contributed by atoms with Gasteiger partial charge in [0.05, 0.1) is 25.8 Å². The van der Waals surface area contributed by atoms with Crippen LogP contribution >= 0.6 is 22.7 Å². The summed E-state index contributed by atoms with van der Waals surface area (Å²) in [7, 11) is 0. The molecule has 0 atom stereocenters. The van der Waals surface area contributed by atoms with Crippen molar-refractivity contribution in [2.75, 3.05) is 26.4 Å². The number of carbonyl (C=O) groups is 2. The molecule has 0 fully saturated rings. The summed E-state index contributed by atoms with van der Waals surface area (Å²) in [5.74, 6) is 1.14. The molecule has 9 nitrogen and oxygen atoms in total. The molecule has 0 bridgehead atoms. The Morgan fingerprint density at radius 2 is 1.02 bits per heavy atom. The highest BCUT2D eigenvalue weighted by atomic mass is 32.1. The van der Waals surface area contributed by atoms with Gasteiger partial charge < -0.3 is 23.7 Å². The summed E-state index contributed by atoms with van der Waals surface area (Å²) in [6.45, 7) is 7.27. The molecular formula is C49H36N2O7S2. The van der Waals surface area contributed by atoms with E-state index in [0.29, 0.717) is 23.0 Å².